The first-order valence-electron chi connectivity index (χ1n) is 9.88. The van der Waals surface area contributed by atoms with Crippen molar-refractivity contribution in [2.24, 2.45) is 0 Å². The van der Waals surface area contributed by atoms with E-state index in [-0.39, 0.29) is 37.0 Å². The van der Waals surface area contributed by atoms with E-state index >= 15 is 0 Å². The topological polar surface area (TPSA) is 91.5 Å². The fourth-order valence-corrected chi connectivity index (χ4v) is 3.28. The summed E-state index contributed by atoms with van der Waals surface area (Å²) in [5, 5.41) is 4.56. The summed E-state index contributed by atoms with van der Waals surface area (Å²) in [6, 6.07) is 14.7. The molecule has 0 saturated heterocycles. The number of aromatic nitrogens is 2. The van der Waals surface area contributed by atoms with Crippen LogP contribution in [0.4, 0.5) is 0 Å². The molecule has 0 aliphatic carbocycles. The smallest absolute Gasteiger partial charge is 0.397 e. The van der Waals surface area contributed by atoms with E-state index in [0.717, 1.165) is 16.9 Å². The molecule has 0 radical (unpaired) electrons. The number of ether oxygens (including phenoxy) is 2. The van der Waals surface area contributed by atoms with Gasteiger partial charge in [-0.2, -0.15) is 4.98 Å². The number of hydrogen-bond acceptors (Lipinski definition) is 7. The molecule has 0 aliphatic heterocycles. The molecule has 0 fully saturated rings. The van der Waals surface area contributed by atoms with Crippen LogP contribution in [0.25, 0.3) is 0 Å². The Kier molecular flexibility index (Phi) is 7.78. The lowest BCUT2D eigenvalue weighted by molar-refractivity contribution is -0.118. The summed E-state index contributed by atoms with van der Waals surface area (Å²) in [5.74, 6) is -0.214. The Morgan fingerprint density at radius 2 is 1.74 bits per heavy atom. The van der Waals surface area contributed by atoms with Crippen LogP contribution >= 0.6 is 11.6 Å². The maximum atomic E-state index is 12.8. The summed E-state index contributed by atoms with van der Waals surface area (Å²) in [4.78, 5) is 28.9. The van der Waals surface area contributed by atoms with Gasteiger partial charge in [-0.25, -0.2) is 4.79 Å². The second-order valence-corrected chi connectivity index (χ2v) is 7.41. The number of benzene rings is 2. The van der Waals surface area contributed by atoms with Crippen molar-refractivity contribution < 1.29 is 23.6 Å². The summed E-state index contributed by atoms with van der Waals surface area (Å²) in [7, 11) is 1.60. The van der Waals surface area contributed by atoms with Gasteiger partial charge < -0.3 is 14.0 Å². The van der Waals surface area contributed by atoms with E-state index in [1.54, 1.807) is 26.2 Å². The zero-order valence-corrected chi connectivity index (χ0v) is 18.1. The molecule has 2 aromatic carbocycles. The zero-order chi connectivity index (χ0) is 22.2. The fraction of sp³-hybridized carbons (Fsp3) is 0.304. The summed E-state index contributed by atoms with van der Waals surface area (Å²) < 4.78 is 15.2. The number of carbonyl (C=O) groups excluding carboxylic acids is 2. The Morgan fingerprint density at radius 3 is 2.39 bits per heavy atom. The number of esters is 1. The Bertz CT molecular complexity index is 1020. The monoisotopic (exact) mass is 442 g/mol. The number of Topliss-reactive ketones (excluding diaryl/α,β-unsaturated/α-hetero) is 1. The molecular weight excluding hydrogens is 420 g/mol. The number of carbonyl (C=O) groups is 2. The molecule has 1 atom stereocenters. The number of hydrogen-bond donors (Lipinski definition) is 0. The van der Waals surface area contributed by atoms with Crippen LogP contribution in [0.15, 0.2) is 53.1 Å². The molecule has 0 amide bonds. The standard InChI is InChI=1S/C23H23ClN2O5/c1-3-30-23(28)22-25-21(26-31-22)17(12-15-6-10-20(29-2)11-7-15)14-19(27)13-16-4-8-18(24)9-5-16/h4-11,17H,3,12-14H2,1-2H3. The van der Waals surface area contributed by atoms with Crippen molar-refractivity contribution in [1.29, 1.82) is 0 Å². The van der Waals surface area contributed by atoms with E-state index in [1.807, 2.05) is 36.4 Å². The molecule has 1 heterocycles. The van der Waals surface area contributed by atoms with Crippen LogP contribution in [-0.4, -0.2) is 35.6 Å². The Morgan fingerprint density at radius 1 is 1.06 bits per heavy atom. The zero-order valence-electron chi connectivity index (χ0n) is 17.3. The lowest BCUT2D eigenvalue weighted by Crippen LogP contribution is -2.14. The highest BCUT2D eigenvalue weighted by Crippen LogP contribution is 2.25. The van der Waals surface area contributed by atoms with Crippen molar-refractivity contribution in [2.75, 3.05) is 13.7 Å². The second-order valence-electron chi connectivity index (χ2n) is 6.97. The minimum Gasteiger partial charge on any atom is -0.497 e. The third kappa shape index (κ3) is 6.39. The fourth-order valence-electron chi connectivity index (χ4n) is 3.15. The molecule has 0 aliphatic rings. The van der Waals surface area contributed by atoms with Gasteiger partial charge in [0.05, 0.1) is 13.7 Å². The number of ketones is 1. The summed E-state index contributed by atoms with van der Waals surface area (Å²) >= 11 is 5.92. The van der Waals surface area contributed by atoms with Crippen molar-refractivity contribution in [1.82, 2.24) is 10.1 Å². The molecule has 3 rings (SSSR count). The van der Waals surface area contributed by atoms with Crippen molar-refractivity contribution >= 4 is 23.4 Å². The molecule has 31 heavy (non-hydrogen) atoms. The van der Waals surface area contributed by atoms with Gasteiger partial charge in [-0.1, -0.05) is 41.0 Å². The number of halogens is 1. The molecular formula is C23H23ClN2O5. The van der Waals surface area contributed by atoms with E-state index in [9.17, 15) is 9.59 Å². The van der Waals surface area contributed by atoms with E-state index in [2.05, 4.69) is 10.1 Å². The average Bonchev–Trinajstić information content (AvgIpc) is 3.26. The summed E-state index contributed by atoms with van der Waals surface area (Å²) in [6.45, 7) is 1.89. The van der Waals surface area contributed by atoms with Gasteiger partial charge in [-0.05, 0) is 48.7 Å². The molecule has 1 unspecified atom stereocenters. The van der Waals surface area contributed by atoms with Crippen LogP contribution in [0.3, 0.4) is 0 Å². The van der Waals surface area contributed by atoms with E-state index in [1.165, 1.54) is 0 Å². The minimum absolute atomic E-state index is 0.0170. The van der Waals surface area contributed by atoms with Gasteiger partial charge in [-0.3, -0.25) is 4.79 Å². The van der Waals surface area contributed by atoms with Gasteiger partial charge in [0.1, 0.15) is 11.5 Å². The van der Waals surface area contributed by atoms with E-state index in [4.69, 9.17) is 25.6 Å². The predicted molar refractivity (Wildman–Crippen MR) is 114 cm³/mol. The highest BCUT2D eigenvalue weighted by atomic mass is 35.5. The van der Waals surface area contributed by atoms with Crippen molar-refractivity contribution in [3.05, 3.63) is 76.4 Å². The lowest BCUT2D eigenvalue weighted by Gasteiger charge is -2.13. The first-order valence-corrected chi connectivity index (χ1v) is 10.3. The van der Waals surface area contributed by atoms with Gasteiger partial charge in [-0.15, -0.1) is 0 Å². The van der Waals surface area contributed by atoms with Crippen LogP contribution in [0.2, 0.25) is 5.02 Å². The van der Waals surface area contributed by atoms with Gasteiger partial charge in [0.2, 0.25) is 0 Å². The number of methoxy groups -OCH3 is 1. The van der Waals surface area contributed by atoms with E-state index < -0.39 is 5.97 Å². The minimum atomic E-state index is -0.683. The molecule has 1 aromatic heterocycles. The van der Waals surface area contributed by atoms with Gasteiger partial charge >= 0.3 is 11.9 Å². The molecule has 0 saturated carbocycles. The van der Waals surface area contributed by atoms with E-state index in [0.29, 0.717) is 17.3 Å². The van der Waals surface area contributed by atoms with Crippen molar-refractivity contribution in [3.63, 3.8) is 0 Å². The van der Waals surface area contributed by atoms with Crippen LogP contribution in [-0.2, 0) is 22.4 Å². The molecule has 0 N–H and O–H groups in total. The molecule has 3 aromatic rings. The SMILES string of the molecule is CCOC(=O)c1nc(C(CC(=O)Cc2ccc(Cl)cc2)Cc2ccc(OC)cc2)no1. The Hall–Kier alpha value is -3.19. The van der Waals surface area contributed by atoms with Crippen molar-refractivity contribution in [2.45, 2.75) is 32.1 Å². The highest BCUT2D eigenvalue weighted by Gasteiger charge is 2.25. The highest BCUT2D eigenvalue weighted by molar-refractivity contribution is 6.30. The number of rotatable bonds is 10. The molecule has 8 heteroatoms. The normalized spacial score (nSPS) is 11.7. The van der Waals surface area contributed by atoms with Crippen molar-refractivity contribution in [3.8, 4) is 5.75 Å². The maximum Gasteiger partial charge on any atom is 0.397 e. The largest absolute Gasteiger partial charge is 0.497 e. The predicted octanol–water partition coefficient (Wildman–Crippen LogP) is 4.44. The van der Waals surface area contributed by atoms with Crippen LogP contribution in [0, 0.1) is 0 Å². The molecule has 0 spiro atoms. The molecule has 0 bridgehead atoms. The Labute approximate surface area is 185 Å². The van der Waals surface area contributed by atoms with Gasteiger partial charge in [0, 0.05) is 23.8 Å². The summed E-state index contributed by atoms with van der Waals surface area (Å²) in [6.07, 6.45) is 0.952. The molecule has 162 valence electrons. The second kappa shape index (κ2) is 10.7. The van der Waals surface area contributed by atoms with Gasteiger partial charge in [0.15, 0.2) is 5.82 Å². The number of nitrogens with zero attached hydrogens (tertiary/aromatic N) is 2. The maximum absolute atomic E-state index is 12.8. The average molecular weight is 443 g/mol. The third-order valence-electron chi connectivity index (χ3n) is 4.69. The van der Waals surface area contributed by atoms with Crippen LogP contribution in [0.5, 0.6) is 5.75 Å². The summed E-state index contributed by atoms with van der Waals surface area (Å²) in [5.41, 5.74) is 1.85. The molecule has 7 nitrogen and oxygen atoms in total. The van der Waals surface area contributed by atoms with Gasteiger partial charge in [0.25, 0.3) is 0 Å². The van der Waals surface area contributed by atoms with Crippen LogP contribution in [0.1, 0.15) is 46.9 Å². The van der Waals surface area contributed by atoms with Crippen LogP contribution < -0.4 is 4.74 Å². The lowest BCUT2D eigenvalue weighted by atomic mass is 9.91. The first kappa shape index (κ1) is 22.5. The first-order chi connectivity index (χ1) is 15.0. The quantitative estimate of drug-likeness (QED) is 0.428. The third-order valence-corrected chi connectivity index (χ3v) is 4.94. The Balaban J connectivity index is 1.78.